The smallest absolute Gasteiger partial charge is 0.0462 e. The highest BCUT2D eigenvalue weighted by atomic mass is 28.3. The fraction of sp³-hybridized carbons (Fsp3) is 1.00. The van der Waals surface area contributed by atoms with Crippen LogP contribution in [-0.4, -0.2) is 22.5 Å². The van der Waals surface area contributed by atoms with Gasteiger partial charge in [-0.15, -0.1) is 0 Å². The fourth-order valence-electron chi connectivity index (χ4n) is 2.44. The van der Waals surface area contributed by atoms with E-state index in [9.17, 15) is 0 Å². The molecule has 13 heavy (non-hydrogen) atoms. The third-order valence-electron chi connectivity index (χ3n) is 3.50. The Labute approximate surface area is 84.5 Å². The van der Waals surface area contributed by atoms with Crippen molar-refractivity contribution in [3.63, 3.8) is 0 Å². The van der Waals surface area contributed by atoms with Gasteiger partial charge in [0.15, 0.2) is 0 Å². The predicted molar refractivity (Wildman–Crippen MR) is 61.1 cm³/mol. The summed E-state index contributed by atoms with van der Waals surface area (Å²) in [7, 11) is 1.59. The van der Waals surface area contributed by atoms with Crippen LogP contribution >= 0.6 is 0 Å². The zero-order chi connectivity index (χ0) is 9.52. The van der Waals surface area contributed by atoms with Crippen LogP contribution in [0.15, 0.2) is 0 Å². The Morgan fingerprint density at radius 3 is 2.54 bits per heavy atom. The molecule has 0 aromatic heterocycles. The molecule has 0 unspecified atom stereocenters. The Bertz CT molecular complexity index is 117. The molecule has 0 spiro atoms. The standard InChI is InChI=1S/C11H24OSi/c1-3-13-9-6-11(7-10-13)5-4-8-12-2/h11,13H,3-10H2,1-2H3. The average molecular weight is 200 g/mol. The van der Waals surface area contributed by atoms with Gasteiger partial charge in [-0.05, 0) is 18.8 Å². The highest BCUT2D eigenvalue weighted by Gasteiger charge is 2.20. The fourth-order valence-corrected chi connectivity index (χ4v) is 5.44. The van der Waals surface area contributed by atoms with Gasteiger partial charge in [0.25, 0.3) is 0 Å². The molecule has 0 N–H and O–H groups in total. The Morgan fingerprint density at radius 2 is 2.00 bits per heavy atom. The van der Waals surface area contributed by atoms with E-state index >= 15 is 0 Å². The van der Waals surface area contributed by atoms with Crippen molar-refractivity contribution in [3.8, 4) is 0 Å². The summed E-state index contributed by atoms with van der Waals surface area (Å²) in [5.41, 5.74) is 0. The van der Waals surface area contributed by atoms with E-state index < -0.39 is 0 Å². The Balaban J connectivity index is 2.03. The molecule has 2 heteroatoms. The second kappa shape index (κ2) is 6.60. The molecule has 1 aliphatic heterocycles. The first-order valence-electron chi connectivity index (χ1n) is 5.85. The maximum Gasteiger partial charge on any atom is 0.0462 e. The summed E-state index contributed by atoms with van der Waals surface area (Å²) in [6, 6.07) is 4.77. The van der Waals surface area contributed by atoms with Crippen LogP contribution in [0.1, 0.15) is 32.6 Å². The summed E-state index contributed by atoms with van der Waals surface area (Å²) >= 11 is 0. The third kappa shape index (κ3) is 4.27. The normalized spacial score (nSPS) is 29.1. The van der Waals surface area contributed by atoms with E-state index in [-0.39, 0.29) is 8.80 Å². The van der Waals surface area contributed by atoms with Gasteiger partial charge in [-0.1, -0.05) is 37.9 Å². The number of ether oxygens (including phenoxy) is 1. The van der Waals surface area contributed by atoms with Crippen LogP contribution in [0.5, 0.6) is 0 Å². The molecule has 0 aromatic carbocycles. The Hall–Kier alpha value is 0.177. The van der Waals surface area contributed by atoms with Crippen molar-refractivity contribution in [3.05, 3.63) is 0 Å². The van der Waals surface area contributed by atoms with Crippen LogP contribution in [-0.2, 0) is 4.74 Å². The van der Waals surface area contributed by atoms with Gasteiger partial charge in [0.2, 0.25) is 0 Å². The molecule has 0 aliphatic carbocycles. The van der Waals surface area contributed by atoms with E-state index in [2.05, 4.69) is 6.92 Å². The Kier molecular flexibility index (Phi) is 5.72. The quantitative estimate of drug-likeness (QED) is 0.489. The molecule has 0 atom stereocenters. The van der Waals surface area contributed by atoms with Crippen molar-refractivity contribution in [2.45, 2.75) is 50.7 Å². The van der Waals surface area contributed by atoms with Crippen molar-refractivity contribution in [1.29, 1.82) is 0 Å². The van der Waals surface area contributed by atoms with Crippen LogP contribution in [0, 0.1) is 5.92 Å². The molecule has 0 bridgehead atoms. The molecule has 78 valence electrons. The van der Waals surface area contributed by atoms with Crippen LogP contribution in [0.25, 0.3) is 0 Å². The molecule has 0 radical (unpaired) electrons. The molecular weight excluding hydrogens is 176 g/mol. The summed E-state index contributed by atoms with van der Waals surface area (Å²) in [5, 5.41) is 0. The number of methoxy groups -OCH3 is 1. The maximum absolute atomic E-state index is 5.08. The van der Waals surface area contributed by atoms with Gasteiger partial charge >= 0.3 is 0 Å². The van der Waals surface area contributed by atoms with Gasteiger partial charge < -0.3 is 4.74 Å². The molecular formula is C11H24OSi. The van der Waals surface area contributed by atoms with Crippen LogP contribution < -0.4 is 0 Å². The van der Waals surface area contributed by atoms with Crippen LogP contribution in [0.2, 0.25) is 18.1 Å². The highest BCUT2D eigenvalue weighted by molar-refractivity contribution is 6.58. The summed E-state index contributed by atoms with van der Waals surface area (Å²) in [4.78, 5) is 0. The zero-order valence-corrected chi connectivity index (χ0v) is 10.4. The second-order valence-corrected chi connectivity index (χ2v) is 8.13. The third-order valence-corrected chi connectivity index (χ3v) is 6.96. The number of rotatable bonds is 5. The first kappa shape index (κ1) is 11.3. The van der Waals surface area contributed by atoms with E-state index in [0.29, 0.717) is 0 Å². The predicted octanol–water partition coefficient (Wildman–Crippen LogP) is 3.07. The van der Waals surface area contributed by atoms with Gasteiger partial charge in [-0.3, -0.25) is 0 Å². The summed E-state index contributed by atoms with van der Waals surface area (Å²) in [6.45, 7) is 3.35. The molecule has 1 aliphatic rings. The van der Waals surface area contributed by atoms with Crippen molar-refractivity contribution in [2.75, 3.05) is 13.7 Å². The number of hydrogen-bond donors (Lipinski definition) is 0. The lowest BCUT2D eigenvalue weighted by Crippen LogP contribution is -2.20. The minimum Gasteiger partial charge on any atom is -0.385 e. The first-order valence-corrected chi connectivity index (χ1v) is 8.30. The summed E-state index contributed by atoms with van der Waals surface area (Å²) in [6.07, 6.45) is 5.76. The van der Waals surface area contributed by atoms with E-state index in [1.165, 1.54) is 31.7 Å². The molecule has 0 saturated carbocycles. The molecule has 1 heterocycles. The SMILES string of the molecule is CC[SiH]1CCC(CCCOC)CC1. The molecule has 1 nitrogen and oxygen atoms in total. The molecule has 1 fully saturated rings. The van der Waals surface area contributed by atoms with Crippen molar-refractivity contribution in [2.24, 2.45) is 5.92 Å². The second-order valence-electron chi connectivity index (χ2n) is 4.43. The number of hydrogen-bond acceptors (Lipinski definition) is 1. The van der Waals surface area contributed by atoms with E-state index in [0.717, 1.165) is 12.5 Å². The van der Waals surface area contributed by atoms with Gasteiger partial charge in [0, 0.05) is 22.5 Å². The summed E-state index contributed by atoms with van der Waals surface area (Å²) in [5.74, 6) is 1.05. The molecule has 0 amide bonds. The van der Waals surface area contributed by atoms with Crippen molar-refractivity contribution < 1.29 is 4.74 Å². The minimum atomic E-state index is -0.216. The lowest BCUT2D eigenvalue weighted by Gasteiger charge is -2.26. The lowest BCUT2D eigenvalue weighted by atomic mass is 9.97. The van der Waals surface area contributed by atoms with Gasteiger partial charge in [0.1, 0.15) is 0 Å². The largest absolute Gasteiger partial charge is 0.385 e. The molecule has 0 aromatic rings. The topological polar surface area (TPSA) is 9.23 Å². The minimum absolute atomic E-state index is 0.216. The van der Waals surface area contributed by atoms with E-state index in [1.54, 1.807) is 19.2 Å². The average Bonchev–Trinajstić information content (AvgIpc) is 2.19. The van der Waals surface area contributed by atoms with E-state index in [4.69, 9.17) is 4.74 Å². The molecule has 1 saturated heterocycles. The van der Waals surface area contributed by atoms with Crippen molar-refractivity contribution in [1.82, 2.24) is 0 Å². The first-order chi connectivity index (χ1) is 6.36. The summed E-state index contributed by atoms with van der Waals surface area (Å²) < 4.78 is 5.08. The lowest BCUT2D eigenvalue weighted by molar-refractivity contribution is 0.185. The monoisotopic (exact) mass is 200 g/mol. The zero-order valence-electron chi connectivity index (χ0n) is 9.22. The van der Waals surface area contributed by atoms with Gasteiger partial charge in [-0.25, -0.2) is 0 Å². The van der Waals surface area contributed by atoms with Gasteiger partial charge in [-0.2, -0.15) is 0 Å². The maximum atomic E-state index is 5.08. The van der Waals surface area contributed by atoms with E-state index in [1.807, 2.05) is 0 Å². The Morgan fingerprint density at radius 1 is 1.31 bits per heavy atom. The van der Waals surface area contributed by atoms with Crippen molar-refractivity contribution >= 4 is 8.80 Å². The highest BCUT2D eigenvalue weighted by Crippen LogP contribution is 2.29. The van der Waals surface area contributed by atoms with Gasteiger partial charge in [0.05, 0.1) is 0 Å². The van der Waals surface area contributed by atoms with Crippen LogP contribution in [0.4, 0.5) is 0 Å². The van der Waals surface area contributed by atoms with Crippen LogP contribution in [0.3, 0.4) is 0 Å². The molecule has 1 rings (SSSR count).